The Kier molecular flexibility index (Phi) is 4.74. The van der Waals surface area contributed by atoms with E-state index in [4.69, 9.17) is 0 Å². The second kappa shape index (κ2) is 7.35. The number of aryl methyl sites for hydroxylation is 1. The SMILES string of the molecule is Cc1ccc(C(=O)N[C@H]2CC(=O)N(Cc3cccc4ccccc34)C2)c(O)c1. The number of phenols is 1. The Balaban J connectivity index is 1.46. The van der Waals surface area contributed by atoms with Crippen molar-refractivity contribution in [1.82, 2.24) is 10.2 Å². The minimum Gasteiger partial charge on any atom is -0.507 e. The van der Waals surface area contributed by atoms with Crippen LogP contribution in [0.2, 0.25) is 0 Å². The Labute approximate surface area is 163 Å². The van der Waals surface area contributed by atoms with E-state index < -0.39 is 0 Å². The summed E-state index contributed by atoms with van der Waals surface area (Å²) in [4.78, 5) is 26.7. The molecular formula is C23H22N2O3. The van der Waals surface area contributed by atoms with Gasteiger partial charge in [-0.15, -0.1) is 0 Å². The molecule has 2 N–H and O–H groups in total. The molecule has 0 saturated carbocycles. The van der Waals surface area contributed by atoms with Crippen molar-refractivity contribution in [2.45, 2.75) is 25.9 Å². The predicted molar refractivity (Wildman–Crippen MR) is 108 cm³/mol. The molecule has 5 nitrogen and oxygen atoms in total. The summed E-state index contributed by atoms with van der Waals surface area (Å²) in [6.07, 6.45) is 0.267. The van der Waals surface area contributed by atoms with Crippen LogP contribution >= 0.6 is 0 Å². The largest absolute Gasteiger partial charge is 0.507 e. The monoisotopic (exact) mass is 374 g/mol. The van der Waals surface area contributed by atoms with Crippen molar-refractivity contribution in [3.63, 3.8) is 0 Å². The van der Waals surface area contributed by atoms with E-state index in [1.54, 1.807) is 23.1 Å². The van der Waals surface area contributed by atoms with E-state index >= 15 is 0 Å². The Morgan fingerprint density at radius 2 is 1.93 bits per heavy atom. The summed E-state index contributed by atoms with van der Waals surface area (Å²) in [5, 5.41) is 15.2. The average Bonchev–Trinajstić information content (AvgIpc) is 3.00. The second-order valence-corrected chi connectivity index (χ2v) is 7.31. The van der Waals surface area contributed by atoms with Gasteiger partial charge in [0.05, 0.1) is 11.6 Å². The number of amides is 2. The zero-order valence-corrected chi connectivity index (χ0v) is 15.7. The third-order valence-corrected chi connectivity index (χ3v) is 5.19. The molecule has 28 heavy (non-hydrogen) atoms. The average molecular weight is 374 g/mol. The quantitative estimate of drug-likeness (QED) is 0.735. The van der Waals surface area contributed by atoms with Crippen molar-refractivity contribution in [3.05, 3.63) is 77.4 Å². The Morgan fingerprint density at radius 1 is 1.14 bits per heavy atom. The van der Waals surface area contributed by atoms with Crippen molar-refractivity contribution in [2.24, 2.45) is 0 Å². The first-order valence-corrected chi connectivity index (χ1v) is 9.36. The number of benzene rings is 3. The maximum Gasteiger partial charge on any atom is 0.255 e. The molecule has 1 fully saturated rings. The minimum atomic E-state index is -0.359. The van der Waals surface area contributed by atoms with Crippen LogP contribution < -0.4 is 5.32 Å². The first-order chi connectivity index (χ1) is 13.5. The smallest absolute Gasteiger partial charge is 0.255 e. The number of likely N-dealkylation sites (tertiary alicyclic amines) is 1. The van der Waals surface area contributed by atoms with Gasteiger partial charge in [0.1, 0.15) is 5.75 Å². The third kappa shape index (κ3) is 3.56. The maximum absolute atomic E-state index is 12.5. The summed E-state index contributed by atoms with van der Waals surface area (Å²) in [5.41, 5.74) is 2.20. The number of hydrogen-bond donors (Lipinski definition) is 2. The number of nitrogens with zero attached hydrogens (tertiary/aromatic N) is 1. The molecule has 0 aromatic heterocycles. The second-order valence-electron chi connectivity index (χ2n) is 7.31. The molecule has 4 rings (SSSR count). The fourth-order valence-corrected chi connectivity index (χ4v) is 3.75. The number of carbonyl (C=O) groups is 2. The molecular weight excluding hydrogens is 352 g/mol. The highest BCUT2D eigenvalue weighted by Gasteiger charge is 2.31. The topological polar surface area (TPSA) is 69.6 Å². The molecule has 0 aliphatic carbocycles. The molecule has 3 aromatic rings. The van der Waals surface area contributed by atoms with E-state index in [1.807, 2.05) is 31.2 Å². The summed E-state index contributed by atoms with van der Waals surface area (Å²) >= 11 is 0. The van der Waals surface area contributed by atoms with Crippen LogP contribution in [-0.2, 0) is 11.3 Å². The van der Waals surface area contributed by atoms with E-state index in [1.165, 1.54) is 0 Å². The standard InChI is InChI=1S/C23H22N2O3/c1-15-9-10-20(21(26)11-15)23(28)24-18-12-22(27)25(14-18)13-17-7-4-6-16-5-2-3-8-19(16)17/h2-11,18,26H,12-14H2,1H3,(H,24,28)/t18-/m0/s1. The highest BCUT2D eigenvalue weighted by Crippen LogP contribution is 2.23. The van der Waals surface area contributed by atoms with Gasteiger partial charge in [-0.25, -0.2) is 0 Å². The lowest BCUT2D eigenvalue weighted by Gasteiger charge is -2.18. The van der Waals surface area contributed by atoms with Crippen molar-refractivity contribution in [3.8, 4) is 5.75 Å². The molecule has 1 aliphatic heterocycles. The van der Waals surface area contributed by atoms with Crippen molar-refractivity contribution in [1.29, 1.82) is 0 Å². The van der Waals surface area contributed by atoms with Crippen LogP contribution in [0.3, 0.4) is 0 Å². The lowest BCUT2D eigenvalue weighted by atomic mass is 10.0. The third-order valence-electron chi connectivity index (χ3n) is 5.19. The van der Waals surface area contributed by atoms with Crippen LogP contribution in [0.25, 0.3) is 10.8 Å². The predicted octanol–water partition coefficient (Wildman–Crippen LogP) is 3.38. The molecule has 1 heterocycles. The van der Waals surface area contributed by atoms with Gasteiger partial charge in [0.15, 0.2) is 0 Å². The summed E-state index contributed by atoms with van der Waals surface area (Å²) < 4.78 is 0. The summed E-state index contributed by atoms with van der Waals surface area (Å²) in [7, 11) is 0. The van der Waals surface area contributed by atoms with Crippen LogP contribution in [0, 0.1) is 6.92 Å². The van der Waals surface area contributed by atoms with E-state index in [0.717, 1.165) is 21.9 Å². The first kappa shape index (κ1) is 18.0. The van der Waals surface area contributed by atoms with Crippen LogP contribution in [-0.4, -0.2) is 34.4 Å². The Bertz CT molecular complexity index is 1060. The first-order valence-electron chi connectivity index (χ1n) is 9.36. The number of carbonyl (C=O) groups excluding carboxylic acids is 2. The van der Waals surface area contributed by atoms with Gasteiger partial charge in [0.25, 0.3) is 5.91 Å². The van der Waals surface area contributed by atoms with Crippen LogP contribution in [0.15, 0.2) is 60.7 Å². The van der Waals surface area contributed by atoms with E-state index in [2.05, 4.69) is 23.5 Å². The maximum atomic E-state index is 12.5. The molecule has 0 unspecified atom stereocenters. The highest BCUT2D eigenvalue weighted by atomic mass is 16.3. The normalized spacial score (nSPS) is 16.5. The van der Waals surface area contributed by atoms with Gasteiger partial charge in [0, 0.05) is 19.5 Å². The molecule has 1 aliphatic rings. The van der Waals surface area contributed by atoms with E-state index in [0.29, 0.717) is 13.1 Å². The van der Waals surface area contributed by atoms with Crippen LogP contribution in [0.1, 0.15) is 27.9 Å². The van der Waals surface area contributed by atoms with E-state index in [9.17, 15) is 14.7 Å². The minimum absolute atomic E-state index is 0.0198. The molecule has 2 amide bonds. The number of phenolic OH excluding ortho intramolecular Hbond substituents is 1. The molecule has 1 atom stereocenters. The molecule has 0 bridgehead atoms. The van der Waals surface area contributed by atoms with Crippen molar-refractivity contribution >= 4 is 22.6 Å². The zero-order chi connectivity index (χ0) is 19.7. The Hall–Kier alpha value is -3.34. The fourth-order valence-electron chi connectivity index (χ4n) is 3.75. The van der Waals surface area contributed by atoms with E-state index in [-0.39, 0.29) is 35.6 Å². The number of rotatable bonds is 4. The lowest BCUT2D eigenvalue weighted by Crippen LogP contribution is -2.37. The van der Waals surface area contributed by atoms with Crippen molar-refractivity contribution in [2.75, 3.05) is 6.54 Å². The molecule has 0 radical (unpaired) electrons. The zero-order valence-electron chi connectivity index (χ0n) is 15.7. The van der Waals surface area contributed by atoms with Crippen molar-refractivity contribution < 1.29 is 14.7 Å². The molecule has 3 aromatic carbocycles. The summed E-state index contributed by atoms with van der Waals surface area (Å²) in [6.45, 7) is 2.82. The number of hydrogen-bond acceptors (Lipinski definition) is 3. The molecule has 5 heteroatoms. The highest BCUT2D eigenvalue weighted by molar-refractivity contribution is 5.97. The molecule has 142 valence electrons. The van der Waals surface area contributed by atoms with Crippen LogP contribution in [0.5, 0.6) is 5.75 Å². The number of aromatic hydroxyl groups is 1. The summed E-state index contributed by atoms with van der Waals surface area (Å²) in [6, 6.07) is 18.9. The fraction of sp³-hybridized carbons (Fsp3) is 0.217. The lowest BCUT2D eigenvalue weighted by molar-refractivity contribution is -0.128. The van der Waals surface area contributed by atoms with Gasteiger partial charge in [0.2, 0.25) is 5.91 Å². The van der Waals surface area contributed by atoms with Gasteiger partial charge in [-0.2, -0.15) is 0 Å². The van der Waals surface area contributed by atoms with Gasteiger partial charge >= 0.3 is 0 Å². The number of nitrogens with one attached hydrogen (secondary N) is 1. The van der Waals surface area contributed by atoms with Gasteiger partial charge in [-0.3, -0.25) is 9.59 Å². The Morgan fingerprint density at radius 3 is 2.75 bits per heavy atom. The summed E-state index contributed by atoms with van der Waals surface area (Å²) in [5.74, 6) is -0.386. The molecule has 0 spiro atoms. The molecule has 1 saturated heterocycles. The van der Waals surface area contributed by atoms with Crippen LogP contribution in [0.4, 0.5) is 0 Å². The number of fused-ring (bicyclic) bond motifs is 1. The van der Waals surface area contributed by atoms with Gasteiger partial charge in [-0.1, -0.05) is 48.5 Å². The van der Waals surface area contributed by atoms with Gasteiger partial charge < -0.3 is 15.3 Å². The van der Waals surface area contributed by atoms with Gasteiger partial charge in [-0.05, 0) is 41.0 Å².